The zero-order chi connectivity index (χ0) is 5.21. The van der Waals surface area contributed by atoms with E-state index in [9.17, 15) is 0 Å². The Balaban J connectivity index is 0. The minimum atomic E-state index is -1.07. The van der Waals surface area contributed by atoms with Crippen LogP contribution in [0.15, 0.2) is 0 Å². The third-order valence-electron chi connectivity index (χ3n) is 0.433. The van der Waals surface area contributed by atoms with Crippen molar-refractivity contribution >= 4 is 17.6 Å². The average Bonchev–Trinajstić information content (AvgIpc) is 1.35. The van der Waals surface area contributed by atoms with Gasteiger partial charge in [-0.15, -0.1) is 0 Å². The Bertz CT molecular complexity index is 39.9. The summed E-state index contributed by atoms with van der Waals surface area (Å²) in [5.41, 5.74) is 15.1. The van der Waals surface area contributed by atoms with Crippen molar-refractivity contribution in [2.45, 2.75) is 12.2 Å². The van der Waals surface area contributed by atoms with Crippen LogP contribution in [0.3, 0.4) is 0 Å². The van der Waals surface area contributed by atoms with Gasteiger partial charge in [-0.1, -0.05) is 0 Å². The fraction of sp³-hybridized carbons (Fsp3) is 0.667. The quantitative estimate of drug-likeness (QED) is 0.292. The van der Waals surface area contributed by atoms with Gasteiger partial charge in [0.05, 0.1) is 0 Å². The van der Waals surface area contributed by atoms with Crippen LogP contribution in [0, 0.1) is 6.92 Å². The van der Waals surface area contributed by atoms with Crippen molar-refractivity contribution < 1.29 is 0 Å². The van der Waals surface area contributed by atoms with Crippen LogP contribution in [0.25, 0.3) is 0 Å². The van der Waals surface area contributed by atoms with Crippen LogP contribution in [-0.2, 0) is 0 Å². The third kappa shape index (κ3) is 10.7. The van der Waals surface area contributed by atoms with Crippen molar-refractivity contribution in [3.05, 3.63) is 6.92 Å². The van der Waals surface area contributed by atoms with Gasteiger partial charge in [0.15, 0.2) is 0 Å². The fourth-order valence-corrected chi connectivity index (χ4v) is 0. The first kappa shape index (κ1) is 10.4. The Hall–Kier alpha value is 0.423. The van der Waals surface area contributed by atoms with Crippen molar-refractivity contribution in [2.75, 3.05) is 0 Å². The molecule has 1 radical (unpaired) electrons. The molecule has 0 fully saturated rings. The second-order valence-corrected chi connectivity index (χ2v) is 1.36. The molecule has 0 aromatic rings. The van der Waals surface area contributed by atoms with E-state index < -0.39 is 5.79 Å². The van der Waals surface area contributed by atoms with Crippen molar-refractivity contribution in [1.82, 2.24) is 0 Å². The molecule has 0 aliphatic rings. The normalized spacial score (nSPS) is 10.3. The molecule has 0 atom stereocenters. The summed E-state index contributed by atoms with van der Waals surface area (Å²) < 4.78 is 0. The molecule has 0 bridgehead atoms. The van der Waals surface area contributed by atoms with Crippen molar-refractivity contribution in [1.29, 1.82) is 0 Å². The SMILES string of the molecule is [CH2]CC(N)(N)N.[GeH4]. The maximum atomic E-state index is 5.03. The first-order chi connectivity index (χ1) is 2.56. The van der Waals surface area contributed by atoms with E-state index in [-0.39, 0.29) is 17.6 Å². The summed E-state index contributed by atoms with van der Waals surface area (Å²) in [4.78, 5) is 0. The molecule has 0 amide bonds. The van der Waals surface area contributed by atoms with E-state index in [0.717, 1.165) is 0 Å². The minimum absolute atomic E-state index is 0. The molecule has 3 nitrogen and oxygen atoms in total. The second kappa shape index (κ2) is 3.43. The van der Waals surface area contributed by atoms with E-state index in [1.165, 1.54) is 0 Å². The van der Waals surface area contributed by atoms with Crippen LogP contribution >= 0.6 is 0 Å². The molecule has 6 N–H and O–H groups in total. The second-order valence-electron chi connectivity index (χ2n) is 1.36. The molecule has 0 saturated carbocycles. The van der Waals surface area contributed by atoms with Crippen molar-refractivity contribution in [2.24, 2.45) is 17.2 Å². The summed E-state index contributed by atoms with van der Waals surface area (Å²) >= 11 is 0. The van der Waals surface area contributed by atoms with Gasteiger partial charge < -0.3 is 17.2 Å². The van der Waals surface area contributed by atoms with Gasteiger partial charge in [0.2, 0.25) is 0 Å². The number of rotatable bonds is 1. The van der Waals surface area contributed by atoms with Gasteiger partial charge in [-0.05, 0) is 13.3 Å². The molecule has 0 heterocycles. The number of nitrogens with two attached hydrogens (primary N) is 3. The van der Waals surface area contributed by atoms with Gasteiger partial charge in [0.1, 0.15) is 5.79 Å². The number of hydrogen-bond donors (Lipinski definition) is 3. The molecule has 4 heteroatoms. The molecule has 0 aromatic carbocycles. The summed E-state index contributed by atoms with van der Waals surface area (Å²) in [6, 6.07) is 0. The van der Waals surface area contributed by atoms with Crippen molar-refractivity contribution in [3.8, 4) is 0 Å². The molecule has 0 saturated heterocycles. The molecule has 45 valence electrons. The molecular formula is C3H14GeN3. The topological polar surface area (TPSA) is 78.1 Å². The Morgan fingerprint density at radius 3 is 1.43 bits per heavy atom. The van der Waals surface area contributed by atoms with E-state index in [0.29, 0.717) is 6.42 Å². The van der Waals surface area contributed by atoms with Crippen LogP contribution < -0.4 is 17.2 Å². The van der Waals surface area contributed by atoms with E-state index in [4.69, 9.17) is 17.2 Å². The van der Waals surface area contributed by atoms with Gasteiger partial charge in [-0.2, -0.15) is 0 Å². The Labute approximate surface area is 54.6 Å². The predicted molar refractivity (Wildman–Crippen MR) is 36.6 cm³/mol. The molecule has 7 heavy (non-hydrogen) atoms. The molecule has 0 aromatic heterocycles. The summed E-state index contributed by atoms with van der Waals surface area (Å²) in [6.45, 7) is 3.38. The van der Waals surface area contributed by atoms with Crippen molar-refractivity contribution in [3.63, 3.8) is 0 Å². The molecule has 0 aliphatic carbocycles. The average molecular weight is 165 g/mol. The maximum absolute atomic E-state index is 5.03. The molecule has 0 aliphatic heterocycles. The monoisotopic (exact) mass is 166 g/mol. The zero-order valence-electron chi connectivity index (χ0n) is 3.65. The van der Waals surface area contributed by atoms with Crippen LogP contribution in [0.4, 0.5) is 0 Å². The molecule has 0 unspecified atom stereocenters. The Morgan fingerprint density at radius 2 is 1.43 bits per heavy atom. The Kier molecular flexibility index (Phi) is 5.10. The van der Waals surface area contributed by atoms with Crippen LogP contribution in [0.5, 0.6) is 0 Å². The molecular weight excluding hydrogens is 151 g/mol. The third-order valence-corrected chi connectivity index (χ3v) is 0.433. The van der Waals surface area contributed by atoms with E-state index in [2.05, 4.69) is 6.92 Å². The van der Waals surface area contributed by atoms with Gasteiger partial charge in [-0.25, -0.2) is 0 Å². The van der Waals surface area contributed by atoms with Crippen LogP contribution in [0.2, 0.25) is 0 Å². The fourth-order valence-electron chi connectivity index (χ4n) is 0. The zero-order valence-corrected chi connectivity index (χ0v) is 3.65. The first-order valence-corrected chi connectivity index (χ1v) is 1.72. The standard InChI is InChI=1S/C3H10N3.GeH4/c1-2-3(4,5)6;/h1-2,4-6H2;1H4. The summed E-state index contributed by atoms with van der Waals surface area (Å²) in [7, 11) is 0. The van der Waals surface area contributed by atoms with Crippen LogP contribution in [-0.4, -0.2) is 23.4 Å². The molecule has 0 rings (SSSR count). The summed E-state index contributed by atoms with van der Waals surface area (Å²) in [6.07, 6.45) is 0.354. The van der Waals surface area contributed by atoms with Crippen LogP contribution in [0.1, 0.15) is 6.42 Å². The van der Waals surface area contributed by atoms with E-state index in [1.807, 2.05) is 0 Å². The van der Waals surface area contributed by atoms with E-state index >= 15 is 0 Å². The predicted octanol–water partition coefficient (Wildman–Crippen LogP) is -2.71. The summed E-state index contributed by atoms with van der Waals surface area (Å²) in [5, 5.41) is 0. The summed E-state index contributed by atoms with van der Waals surface area (Å²) in [5.74, 6) is -1.07. The Morgan fingerprint density at radius 1 is 1.29 bits per heavy atom. The van der Waals surface area contributed by atoms with E-state index in [1.54, 1.807) is 0 Å². The van der Waals surface area contributed by atoms with Gasteiger partial charge in [0, 0.05) is 0 Å². The number of hydrogen-bond acceptors (Lipinski definition) is 3. The van der Waals surface area contributed by atoms with Gasteiger partial charge in [-0.3, -0.25) is 0 Å². The van der Waals surface area contributed by atoms with Gasteiger partial charge >= 0.3 is 17.6 Å². The molecule has 0 spiro atoms. The first-order valence-electron chi connectivity index (χ1n) is 1.72. The van der Waals surface area contributed by atoms with Gasteiger partial charge in [0.25, 0.3) is 0 Å².